The molecule has 164 valence electrons. The Morgan fingerprint density at radius 1 is 1.16 bits per heavy atom. The highest BCUT2D eigenvalue weighted by molar-refractivity contribution is 6.04. The maximum atomic E-state index is 13.0. The minimum absolute atomic E-state index is 0.186. The standard InChI is InChI=1S/C24H23N3O5/c1-25-23(30)18-11-26(24(25)31)12-20-22(18)17-8-7-16(32-2)9-19(17)27(20)10-14-3-5-15(6-4-14)21(29)13-28/h3-9,18,28H,10-13H2,1-2H3. The van der Waals surface area contributed by atoms with E-state index in [-0.39, 0.29) is 17.7 Å². The van der Waals surface area contributed by atoms with Gasteiger partial charge in [-0.05, 0) is 23.3 Å². The second-order valence-electron chi connectivity index (χ2n) is 8.22. The van der Waals surface area contributed by atoms with Gasteiger partial charge >= 0.3 is 6.03 Å². The van der Waals surface area contributed by atoms with Crippen LogP contribution in [-0.4, -0.2) is 64.5 Å². The maximum Gasteiger partial charge on any atom is 0.326 e. The molecular formula is C24H23N3O5. The smallest absolute Gasteiger partial charge is 0.326 e. The van der Waals surface area contributed by atoms with Crippen LogP contribution in [0.1, 0.15) is 33.1 Å². The number of ketones is 1. The molecule has 0 spiro atoms. The van der Waals surface area contributed by atoms with Crippen molar-refractivity contribution in [3.63, 3.8) is 0 Å². The Hall–Kier alpha value is -3.65. The molecule has 3 amide bonds. The van der Waals surface area contributed by atoms with Crippen molar-refractivity contribution in [3.05, 3.63) is 64.8 Å². The highest BCUT2D eigenvalue weighted by Crippen LogP contribution is 2.41. The van der Waals surface area contributed by atoms with Gasteiger partial charge in [-0.2, -0.15) is 0 Å². The molecule has 2 aliphatic heterocycles. The van der Waals surface area contributed by atoms with Crippen LogP contribution in [0.3, 0.4) is 0 Å². The van der Waals surface area contributed by atoms with Gasteiger partial charge in [-0.1, -0.05) is 24.3 Å². The second-order valence-corrected chi connectivity index (χ2v) is 8.22. The molecule has 8 heteroatoms. The lowest BCUT2D eigenvalue weighted by Crippen LogP contribution is -2.56. The summed E-state index contributed by atoms with van der Waals surface area (Å²) in [4.78, 5) is 40.2. The van der Waals surface area contributed by atoms with Gasteiger partial charge in [-0.25, -0.2) is 4.79 Å². The molecule has 0 saturated carbocycles. The minimum Gasteiger partial charge on any atom is -0.497 e. The number of amides is 3. The van der Waals surface area contributed by atoms with Gasteiger partial charge in [0.25, 0.3) is 0 Å². The number of hydrogen-bond donors (Lipinski definition) is 1. The van der Waals surface area contributed by atoms with Crippen molar-refractivity contribution in [3.8, 4) is 5.75 Å². The van der Waals surface area contributed by atoms with E-state index in [9.17, 15) is 14.4 Å². The number of benzene rings is 2. The Kier molecular flexibility index (Phi) is 4.74. The number of aromatic nitrogens is 1. The summed E-state index contributed by atoms with van der Waals surface area (Å²) in [6, 6.07) is 12.7. The maximum absolute atomic E-state index is 13.0. The first-order valence-electron chi connectivity index (χ1n) is 10.4. The molecular weight excluding hydrogens is 410 g/mol. The van der Waals surface area contributed by atoms with Crippen LogP contribution in [0.5, 0.6) is 5.75 Å². The average molecular weight is 433 g/mol. The van der Waals surface area contributed by atoms with Gasteiger partial charge in [0, 0.05) is 42.8 Å². The van der Waals surface area contributed by atoms with Crippen molar-refractivity contribution in [1.82, 2.24) is 14.4 Å². The SMILES string of the molecule is COc1ccc2c3c(n(Cc4ccc(C(=O)CO)cc4)c2c1)CN1CC3C(=O)N(C)C1=O. The number of methoxy groups -OCH3 is 1. The molecule has 2 aromatic carbocycles. The molecule has 1 saturated heterocycles. The van der Waals surface area contributed by atoms with Crippen LogP contribution in [0.25, 0.3) is 10.9 Å². The van der Waals surface area contributed by atoms with Crippen LogP contribution in [0.15, 0.2) is 42.5 Å². The second kappa shape index (κ2) is 7.49. The summed E-state index contributed by atoms with van der Waals surface area (Å²) in [5.41, 5.74) is 4.26. The van der Waals surface area contributed by atoms with Crippen LogP contribution < -0.4 is 4.74 Å². The molecule has 0 radical (unpaired) electrons. The monoisotopic (exact) mass is 433 g/mol. The molecule has 3 aromatic rings. The molecule has 1 aromatic heterocycles. The van der Waals surface area contributed by atoms with E-state index in [1.807, 2.05) is 30.3 Å². The zero-order valence-electron chi connectivity index (χ0n) is 17.9. The van der Waals surface area contributed by atoms with Gasteiger partial charge in [-0.15, -0.1) is 0 Å². The lowest BCUT2D eigenvalue weighted by atomic mass is 9.89. The lowest BCUT2D eigenvalue weighted by Gasteiger charge is -2.41. The predicted octanol–water partition coefficient (Wildman–Crippen LogP) is 2.36. The van der Waals surface area contributed by atoms with Gasteiger partial charge < -0.3 is 19.3 Å². The van der Waals surface area contributed by atoms with E-state index in [0.29, 0.717) is 30.9 Å². The Morgan fingerprint density at radius 2 is 1.91 bits per heavy atom. The molecule has 32 heavy (non-hydrogen) atoms. The number of carbonyl (C=O) groups excluding carboxylic acids is 3. The first-order valence-corrected chi connectivity index (χ1v) is 10.4. The van der Waals surface area contributed by atoms with E-state index in [1.54, 1.807) is 24.1 Å². The fraction of sp³-hybridized carbons (Fsp3) is 0.292. The van der Waals surface area contributed by atoms with Crippen LogP contribution in [0.2, 0.25) is 0 Å². The third-order valence-corrected chi connectivity index (χ3v) is 6.46. The Bertz CT molecular complexity index is 1260. The number of fused-ring (bicyclic) bond motifs is 6. The number of urea groups is 1. The first kappa shape index (κ1) is 20.3. The zero-order valence-corrected chi connectivity index (χ0v) is 17.9. The molecule has 8 nitrogen and oxygen atoms in total. The third kappa shape index (κ3) is 2.98. The van der Waals surface area contributed by atoms with Crippen LogP contribution in [0.4, 0.5) is 4.79 Å². The van der Waals surface area contributed by atoms with Crippen LogP contribution in [0, 0.1) is 0 Å². The molecule has 2 bridgehead atoms. The number of Topliss-reactive ketones (excluding diaryl/α,β-unsaturated/α-hetero) is 1. The minimum atomic E-state index is -0.525. The number of nitrogens with zero attached hydrogens (tertiary/aromatic N) is 3. The largest absolute Gasteiger partial charge is 0.497 e. The number of ether oxygens (including phenoxy) is 1. The van der Waals surface area contributed by atoms with Gasteiger partial charge in [-0.3, -0.25) is 14.5 Å². The Labute approximate surface area is 184 Å². The highest BCUT2D eigenvalue weighted by Gasteiger charge is 2.44. The summed E-state index contributed by atoms with van der Waals surface area (Å²) in [7, 11) is 3.15. The fourth-order valence-corrected chi connectivity index (χ4v) is 4.79. The average Bonchev–Trinajstić information content (AvgIpc) is 3.13. The van der Waals surface area contributed by atoms with Crippen LogP contribution >= 0.6 is 0 Å². The van der Waals surface area contributed by atoms with E-state index in [4.69, 9.17) is 9.84 Å². The molecule has 1 N–H and O–H groups in total. The van der Waals surface area contributed by atoms with Crippen molar-refractivity contribution in [2.45, 2.75) is 19.0 Å². The Balaban J connectivity index is 1.65. The molecule has 1 fully saturated rings. The van der Waals surface area contributed by atoms with Crippen molar-refractivity contribution in [2.24, 2.45) is 0 Å². The predicted molar refractivity (Wildman–Crippen MR) is 117 cm³/mol. The summed E-state index contributed by atoms with van der Waals surface area (Å²) in [6.07, 6.45) is 0. The van der Waals surface area contributed by atoms with Crippen molar-refractivity contribution < 1.29 is 24.2 Å². The van der Waals surface area contributed by atoms with Crippen molar-refractivity contribution in [2.75, 3.05) is 27.3 Å². The highest BCUT2D eigenvalue weighted by atomic mass is 16.5. The third-order valence-electron chi connectivity index (χ3n) is 6.46. The summed E-state index contributed by atoms with van der Waals surface area (Å²) in [5, 5.41) is 10.1. The topological polar surface area (TPSA) is 92.1 Å². The van der Waals surface area contributed by atoms with Crippen LogP contribution in [-0.2, 0) is 17.9 Å². The van der Waals surface area contributed by atoms with E-state index >= 15 is 0 Å². The molecule has 0 aliphatic carbocycles. The zero-order chi connectivity index (χ0) is 22.6. The number of hydrogen-bond acceptors (Lipinski definition) is 5. The molecule has 1 unspecified atom stereocenters. The van der Waals surface area contributed by atoms with Gasteiger partial charge in [0.1, 0.15) is 12.4 Å². The van der Waals surface area contributed by atoms with Crippen molar-refractivity contribution in [1.29, 1.82) is 0 Å². The van der Waals surface area contributed by atoms with Crippen molar-refractivity contribution >= 4 is 28.6 Å². The van der Waals surface area contributed by atoms with E-state index in [0.717, 1.165) is 27.7 Å². The number of rotatable bonds is 5. The van der Waals surface area contributed by atoms with E-state index < -0.39 is 12.5 Å². The molecule has 1 atom stereocenters. The summed E-state index contributed by atoms with van der Waals surface area (Å²) < 4.78 is 7.57. The summed E-state index contributed by atoms with van der Waals surface area (Å²) in [5.74, 6) is -0.204. The number of carbonyl (C=O) groups is 3. The Morgan fingerprint density at radius 3 is 2.59 bits per heavy atom. The molecule has 5 rings (SSSR count). The number of likely N-dealkylation sites (N-methyl/N-ethyl adjacent to an activating group) is 1. The summed E-state index contributed by atoms with van der Waals surface area (Å²) >= 11 is 0. The van der Waals surface area contributed by atoms with Gasteiger partial charge in [0.15, 0.2) is 5.78 Å². The number of aliphatic hydroxyl groups excluding tert-OH is 1. The lowest BCUT2D eigenvalue weighted by molar-refractivity contribution is -0.132. The quantitative estimate of drug-likeness (QED) is 0.624. The van der Waals surface area contributed by atoms with E-state index in [1.165, 1.54) is 11.9 Å². The molecule has 3 heterocycles. The number of imide groups is 1. The normalized spacial score (nSPS) is 17.7. The van der Waals surface area contributed by atoms with Gasteiger partial charge in [0.05, 0.1) is 25.1 Å². The summed E-state index contributed by atoms with van der Waals surface area (Å²) in [6.45, 7) is 0.784. The first-order chi connectivity index (χ1) is 15.4. The van der Waals surface area contributed by atoms with Gasteiger partial charge in [0.2, 0.25) is 5.91 Å². The number of aliphatic hydroxyl groups is 1. The van der Waals surface area contributed by atoms with E-state index in [2.05, 4.69) is 4.57 Å². The fourth-order valence-electron chi connectivity index (χ4n) is 4.79. The molecule has 2 aliphatic rings.